The summed E-state index contributed by atoms with van der Waals surface area (Å²) in [5.41, 5.74) is 1.80. The maximum absolute atomic E-state index is 5.24. The van der Waals surface area contributed by atoms with E-state index in [1.54, 1.807) is 6.20 Å². The van der Waals surface area contributed by atoms with E-state index in [1.165, 1.54) is 0 Å². The van der Waals surface area contributed by atoms with Crippen molar-refractivity contribution in [3.63, 3.8) is 0 Å². The summed E-state index contributed by atoms with van der Waals surface area (Å²) in [4.78, 5) is 4.19. The van der Waals surface area contributed by atoms with E-state index in [9.17, 15) is 0 Å². The Balaban J connectivity index is 2.16. The molecule has 1 heterocycles. The molecule has 0 radical (unpaired) electrons. The van der Waals surface area contributed by atoms with E-state index < -0.39 is 0 Å². The summed E-state index contributed by atoms with van der Waals surface area (Å²) < 4.78 is 0. The zero-order valence-corrected chi connectivity index (χ0v) is 8.14. The number of aromatic nitrogens is 1. The lowest BCUT2D eigenvalue weighted by Gasteiger charge is -2.04. The van der Waals surface area contributed by atoms with Crippen LogP contribution in [0.2, 0.25) is 0 Å². The van der Waals surface area contributed by atoms with Gasteiger partial charge in [0.05, 0.1) is 0 Å². The van der Waals surface area contributed by atoms with Crippen LogP contribution in [0.5, 0.6) is 0 Å². The molecule has 72 valence electrons. The second kappa shape index (κ2) is 4.30. The van der Waals surface area contributed by atoms with E-state index in [0.29, 0.717) is 0 Å². The Labute approximate surface area is 89.0 Å². The van der Waals surface area contributed by atoms with Gasteiger partial charge in [0.15, 0.2) is 0 Å². The molecule has 0 bridgehead atoms. The predicted octanol–water partition coefficient (Wildman–Crippen LogP) is 2.81. The third-order valence-electron chi connectivity index (χ3n) is 1.98. The molecule has 0 aliphatic rings. The molecule has 2 rings (SSSR count). The molecule has 1 N–H and O–H groups in total. The molecular weight excluding hydrogens is 184 g/mol. The van der Waals surface area contributed by atoms with Crippen LogP contribution in [-0.4, -0.2) is 4.98 Å². The molecule has 0 fully saturated rings. The number of benzene rings is 1. The lowest BCUT2D eigenvalue weighted by atomic mass is 10.3. The summed E-state index contributed by atoms with van der Waals surface area (Å²) in [6.07, 6.45) is 6.91. The third kappa shape index (κ3) is 2.35. The molecule has 2 nitrogen and oxygen atoms in total. The largest absolute Gasteiger partial charge is 0.340 e. The Morgan fingerprint density at radius 3 is 2.47 bits per heavy atom. The molecule has 0 saturated heterocycles. The van der Waals surface area contributed by atoms with E-state index in [-0.39, 0.29) is 0 Å². The number of nitrogens with one attached hydrogen (secondary N) is 1. The molecular formula is C13H10N2. The van der Waals surface area contributed by atoms with Crippen molar-refractivity contribution in [1.82, 2.24) is 4.98 Å². The first-order valence-corrected chi connectivity index (χ1v) is 4.63. The fourth-order valence-corrected chi connectivity index (χ4v) is 1.22. The van der Waals surface area contributed by atoms with Gasteiger partial charge in [-0.05, 0) is 24.3 Å². The number of pyridine rings is 1. The number of para-hydroxylation sites is 1. The summed E-state index contributed by atoms with van der Waals surface area (Å²) in [6, 6.07) is 13.6. The molecule has 1 aromatic heterocycles. The quantitative estimate of drug-likeness (QED) is 0.743. The molecule has 0 amide bonds. The first-order chi connectivity index (χ1) is 7.38. The summed E-state index contributed by atoms with van der Waals surface area (Å²) in [7, 11) is 0. The number of nitrogens with zero attached hydrogens (tertiary/aromatic N) is 1. The van der Waals surface area contributed by atoms with Crippen LogP contribution in [0.3, 0.4) is 0 Å². The average Bonchev–Trinajstić information content (AvgIpc) is 2.31. The summed E-state index contributed by atoms with van der Waals surface area (Å²) >= 11 is 0. The van der Waals surface area contributed by atoms with Crippen LogP contribution < -0.4 is 5.32 Å². The lowest BCUT2D eigenvalue weighted by Crippen LogP contribution is -1.92. The third-order valence-corrected chi connectivity index (χ3v) is 1.98. The first kappa shape index (κ1) is 9.29. The van der Waals surface area contributed by atoms with Gasteiger partial charge in [-0.2, -0.15) is 0 Å². The molecule has 15 heavy (non-hydrogen) atoms. The van der Waals surface area contributed by atoms with Crippen molar-refractivity contribution in [2.45, 2.75) is 0 Å². The Morgan fingerprint density at radius 1 is 1.07 bits per heavy atom. The number of hydrogen-bond donors (Lipinski definition) is 1. The minimum Gasteiger partial charge on any atom is -0.340 e. The van der Waals surface area contributed by atoms with Gasteiger partial charge in [-0.3, -0.25) is 0 Å². The van der Waals surface area contributed by atoms with Crippen LogP contribution in [0.15, 0.2) is 48.7 Å². The summed E-state index contributed by atoms with van der Waals surface area (Å²) in [5.74, 6) is 3.32. The zero-order valence-electron chi connectivity index (χ0n) is 8.14. The standard InChI is InChI=1S/C13H10N2/c1-2-11-8-9-13(14-10-11)15-12-6-4-3-5-7-12/h1,3-10H,(H,14,15). The van der Waals surface area contributed by atoms with Crippen LogP contribution >= 0.6 is 0 Å². The molecule has 0 aliphatic carbocycles. The molecule has 2 aromatic rings. The Morgan fingerprint density at radius 2 is 1.87 bits per heavy atom. The van der Waals surface area contributed by atoms with Crippen molar-refractivity contribution in [1.29, 1.82) is 0 Å². The van der Waals surface area contributed by atoms with Gasteiger partial charge < -0.3 is 5.32 Å². The summed E-state index contributed by atoms with van der Waals surface area (Å²) in [6.45, 7) is 0. The molecule has 0 aliphatic heterocycles. The van der Waals surface area contributed by atoms with Crippen LogP contribution in [0.1, 0.15) is 5.56 Å². The van der Waals surface area contributed by atoms with Gasteiger partial charge in [0, 0.05) is 17.4 Å². The van der Waals surface area contributed by atoms with Gasteiger partial charge >= 0.3 is 0 Å². The average molecular weight is 194 g/mol. The first-order valence-electron chi connectivity index (χ1n) is 4.63. The van der Waals surface area contributed by atoms with E-state index >= 15 is 0 Å². The van der Waals surface area contributed by atoms with E-state index in [1.807, 2.05) is 42.5 Å². The highest BCUT2D eigenvalue weighted by molar-refractivity contribution is 5.56. The van der Waals surface area contributed by atoms with Crippen LogP contribution in [-0.2, 0) is 0 Å². The van der Waals surface area contributed by atoms with Gasteiger partial charge in [-0.1, -0.05) is 24.1 Å². The highest BCUT2D eigenvalue weighted by Crippen LogP contribution is 2.13. The monoisotopic (exact) mass is 194 g/mol. The second-order valence-electron chi connectivity index (χ2n) is 3.07. The highest BCUT2D eigenvalue weighted by Gasteiger charge is 1.94. The highest BCUT2D eigenvalue weighted by atomic mass is 15.0. The van der Waals surface area contributed by atoms with Gasteiger partial charge in [0.25, 0.3) is 0 Å². The molecule has 1 aromatic carbocycles. The maximum atomic E-state index is 5.24. The van der Waals surface area contributed by atoms with Gasteiger partial charge in [0.1, 0.15) is 5.82 Å². The second-order valence-corrected chi connectivity index (χ2v) is 3.07. The molecule has 2 heteroatoms. The maximum Gasteiger partial charge on any atom is 0.130 e. The van der Waals surface area contributed by atoms with E-state index in [4.69, 9.17) is 6.42 Å². The van der Waals surface area contributed by atoms with Gasteiger partial charge in [0.2, 0.25) is 0 Å². The van der Waals surface area contributed by atoms with Crippen LogP contribution in [0.25, 0.3) is 0 Å². The van der Waals surface area contributed by atoms with Crippen molar-refractivity contribution in [2.75, 3.05) is 5.32 Å². The minimum atomic E-state index is 0.786. The number of rotatable bonds is 2. The van der Waals surface area contributed by atoms with Crippen molar-refractivity contribution >= 4 is 11.5 Å². The van der Waals surface area contributed by atoms with Crippen LogP contribution in [0, 0.1) is 12.3 Å². The zero-order chi connectivity index (χ0) is 10.5. The Bertz CT molecular complexity index is 466. The fraction of sp³-hybridized carbons (Fsp3) is 0. The number of terminal acetylenes is 1. The number of hydrogen-bond acceptors (Lipinski definition) is 2. The fourth-order valence-electron chi connectivity index (χ4n) is 1.22. The van der Waals surface area contributed by atoms with Crippen molar-refractivity contribution < 1.29 is 0 Å². The smallest absolute Gasteiger partial charge is 0.130 e. The molecule has 0 saturated carbocycles. The van der Waals surface area contributed by atoms with Gasteiger partial charge in [-0.15, -0.1) is 6.42 Å². The molecule has 0 unspecified atom stereocenters. The van der Waals surface area contributed by atoms with Crippen LogP contribution in [0.4, 0.5) is 11.5 Å². The normalized spacial score (nSPS) is 9.27. The topological polar surface area (TPSA) is 24.9 Å². The SMILES string of the molecule is C#Cc1ccc(Nc2ccccc2)nc1. The lowest BCUT2D eigenvalue weighted by molar-refractivity contribution is 1.30. The summed E-state index contributed by atoms with van der Waals surface area (Å²) in [5, 5.41) is 3.18. The Kier molecular flexibility index (Phi) is 2.66. The van der Waals surface area contributed by atoms with Gasteiger partial charge in [-0.25, -0.2) is 4.98 Å². The van der Waals surface area contributed by atoms with Crippen molar-refractivity contribution in [2.24, 2.45) is 0 Å². The van der Waals surface area contributed by atoms with E-state index in [0.717, 1.165) is 17.1 Å². The molecule has 0 atom stereocenters. The Hall–Kier alpha value is -2.27. The number of anilines is 2. The minimum absolute atomic E-state index is 0.786. The predicted molar refractivity (Wildman–Crippen MR) is 61.9 cm³/mol. The van der Waals surface area contributed by atoms with Crippen molar-refractivity contribution in [3.8, 4) is 12.3 Å². The van der Waals surface area contributed by atoms with E-state index in [2.05, 4.69) is 16.2 Å². The van der Waals surface area contributed by atoms with Crippen molar-refractivity contribution in [3.05, 3.63) is 54.2 Å². The molecule has 0 spiro atoms.